The number of aromatic hydroxyl groups is 2. The third kappa shape index (κ3) is 5.81. The zero-order valence-corrected chi connectivity index (χ0v) is 59.3. The molecule has 10 spiro atoms. The summed E-state index contributed by atoms with van der Waals surface area (Å²) in [6, 6.07) is 29.3. The molecule has 6 N–H and O–H groups in total. The molecule has 538 valence electrons. The molecular formula is C84H91N8O12+. The van der Waals surface area contributed by atoms with Crippen molar-refractivity contribution in [2.24, 2.45) is 44.3 Å². The number of ether oxygens (including phenoxy) is 6. The van der Waals surface area contributed by atoms with Crippen LogP contribution >= 0.6 is 0 Å². The van der Waals surface area contributed by atoms with E-state index >= 15 is 9.59 Å². The van der Waals surface area contributed by atoms with Crippen molar-refractivity contribution in [3.63, 3.8) is 0 Å². The Labute approximate surface area is 603 Å². The fourth-order valence-electron chi connectivity index (χ4n) is 33.2. The van der Waals surface area contributed by atoms with E-state index in [1.54, 1.807) is 0 Å². The van der Waals surface area contributed by atoms with Gasteiger partial charge in [0.1, 0.15) is 16.9 Å². The highest BCUT2D eigenvalue weighted by Gasteiger charge is 2.88. The molecule has 18 heterocycles. The van der Waals surface area contributed by atoms with E-state index < -0.39 is 60.9 Å². The van der Waals surface area contributed by atoms with Gasteiger partial charge in [0.2, 0.25) is 0 Å². The molecule has 4 aromatic carbocycles. The molecule has 0 aromatic heterocycles. The first-order valence-electron chi connectivity index (χ1n) is 39.6. The van der Waals surface area contributed by atoms with Crippen LogP contribution in [0.1, 0.15) is 119 Å². The SMILES string of the molecule is COC(=O)C1=C2Nc3ccccc3[C@@]23/C(=C2\C[C@]45C(=C(C(=O)OC)C[C@]67CCO[C@H]6[C@@]6(C[C@@H]8C[C@]9%10CCO[C@H]9CCN9CC[C@@]%11(c%12cccc(O)c%12N(C6)[C@@]8%11O)[C@@H]9%10)CN2[C@@H]74)Nc2ccccc25)C=[N+]2C[C@]4(C[C@@H]5C[C@]67CCO[C@H]6CCN6CC[C@@]8(c9cccc(O)c9N(C4)[C@@]58O)[C@@H]67)[C@@H]4OCC[C@]4(C1)[C@H]23. The molecule has 2 saturated carbocycles. The first kappa shape index (κ1) is 60.1. The van der Waals surface area contributed by atoms with Gasteiger partial charge < -0.3 is 74.2 Å². The van der Waals surface area contributed by atoms with Crippen LogP contribution in [0.4, 0.5) is 22.7 Å². The average Bonchev–Trinajstić information content (AvgIpc) is 1.45. The molecule has 15 fully saturated rings. The van der Waals surface area contributed by atoms with E-state index in [0.29, 0.717) is 109 Å². The molecule has 22 atom stereocenters. The number of anilines is 4. The van der Waals surface area contributed by atoms with Gasteiger partial charge in [0.25, 0.3) is 0 Å². The Hall–Kier alpha value is -7.01. The molecule has 0 unspecified atom stereocenters. The number of nitrogens with one attached hydrogen (secondary N) is 2. The lowest BCUT2D eigenvalue weighted by molar-refractivity contribution is -0.616. The molecule has 4 aromatic rings. The predicted octanol–water partition coefficient (Wildman–Crippen LogP) is 7.38. The van der Waals surface area contributed by atoms with Gasteiger partial charge in [0.15, 0.2) is 30.3 Å². The van der Waals surface area contributed by atoms with Crippen LogP contribution in [0.15, 0.2) is 119 Å². The number of carbonyl (C=O) groups excluding carboxylic acids is 2. The van der Waals surface area contributed by atoms with E-state index in [9.17, 15) is 20.4 Å². The van der Waals surface area contributed by atoms with Gasteiger partial charge in [-0.05, 0) is 150 Å². The molecule has 18 aliphatic heterocycles. The molecule has 104 heavy (non-hydrogen) atoms. The quantitative estimate of drug-likeness (QED) is 0.0854. The molecule has 13 saturated heterocycles. The molecular weight excluding hydrogens is 1310 g/mol. The van der Waals surface area contributed by atoms with Gasteiger partial charge in [-0.3, -0.25) is 9.80 Å². The molecule has 20 nitrogen and oxygen atoms in total. The number of aliphatic hydroxyl groups is 2. The minimum atomic E-state index is -1.34. The Morgan fingerprint density at radius 2 is 1.06 bits per heavy atom. The molecule has 4 aliphatic carbocycles. The Morgan fingerprint density at radius 1 is 0.538 bits per heavy atom. The van der Waals surface area contributed by atoms with Crippen LogP contribution in [0.25, 0.3) is 0 Å². The van der Waals surface area contributed by atoms with E-state index in [0.717, 1.165) is 140 Å². The van der Waals surface area contributed by atoms with Gasteiger partial charge in [-0.2, -0.15) is 0 Å². The lowest BCUT2D eigenvalue weighted by Crippen LogP contribution is -2.81. The van der Waals surface area contributed by atoms with Crippen LogP contribution in [-0.2, 0) is 59.7 Å². The standard InChI is InChI=1S/C84H90N8O12/c1-99-65(95)47-37-77-23-31-104-72(77)74(34-46-36-76-22-30-102-60(76)18-26-88-28-20-81(69(76)88)52-12-8-16-58(94)62(52)92(44-74)84(46,81)98)42-90-56(39-79(67(77)90)49-9-3-5-13-54(49)85-63(47)79)53-40-89-41-73(71-78(24-32-103-71)38-48(66(96)100-2)64-82(53,70(78)89)50-10-4-6-14-55(50)86-64)33-45-35-75-21-29-101-59(75)17-25-87-27-19-80(68(75)87)51-11-7-15-57(93)61(51)91(43-73)83(45,80)97/h3-16,40,45-46,59-60,67-72,97-98H,17-39,41-44H2,1-2H3,(H3-,85,86,93,94,95,96)/p+1/t45-,46-,59+,60+,67+,68+,69+,70+,71+,72+,73+,74+,75-,76-,77+,78+,79+,80-,81-,82-,83-,84-/m1/s1. The highest BCUT2D eigenvalue weighted by Crippen LogP contribution is 2.82. The Bertz CT molecular complexity index is 4890. The van der Waals surface area contributed by atoms with Crippen molar-refractivity contribution in [2.45, 2.75) is 178 Å². The average molecular weight is 1400 g/mol. The van der Waals surface area contributed by atoms with Crippen LogP contribution < -0.4 is 20.4 Å². The maximum atomic E-state index is 15.8. The van der Waals surface area contributed by atoms with Crippen LogP contribution in [0, 0.1) is 44.3 Å². The van der Waals surface area contributed by atoms with E-state index in [2.05, 4.69) is 107 Å². The van der Waals surface area contributed by atoms with Crippen LogP contribution in [0.2, 0.25) is 0 Å². The van der Waals surface area contributed by atoms with Gasteiger partial charge >= 0.3 is 11.9 Å². The maximum absolute atomic E-state index is 15.8. The van der Waals surface area contributed by atoms with Gasteiger partial charge in [-0.25, -0.2) is 14.2 Å². The monoisotopic (exact) mass is 1400 g/mol. The van der Waals surface area contributed by atoms with Crippen molar-refractivity contribution < 1.29 is 63.0 Å². The number of hydrogen-bond acceptors (Lipinski definition) is 19. The van der Waals surface area contributed by atoms with Crippen molar-refractivity contribution >= 4 is 40.9 Å². The number of esters is 2. The molecule has 22 aliphatic rings. The van der Waals surface area contributed by atoms with Crippen molar-refractivity contribution in [3.8, 4) is 11.5 Å². The zero-order chi connectivity index (χ0) is 69.0. The third-order valence-electron chi connectivity index (χ3n) is 34.9. The topological polar surface area (TPSA) is 214 Å². The lowest BCUT2D eigenvalue weighted by atomic mass is 9.43. The summed E-state index contributed by atoms with van der Waals surface area (Å²) < 4.78 is 44.4. The summed E-state index contributed by atoms with van der Waals surface area (Å²) in [7, 11) is 3.06. The van der Waals surface area contributed by atoms with Gasteiger partial charge in [0.05, 0.1) is 99.8 Å². The fourth-order valence-corrected chi connectivity index (χ4v) is 33.2. The minimum absolute atomic E-state index is 0.0403. The first-order valence-corrected chi connectivity index (χ1v) is 39.6. The van der Waals surface area contributed by atoms with Crippen molar-refractivity contribution in [3.05, 3.63) is 141 Å². The Kier molecular flexibility index (Phi) is 10.6. The summed E-state index contributed by atoms with van der Waals surface area (Å²) in [5.74, 6) is -0.772. The molecule has 0 radical (unpaired) electrons. The van der Waals surface area contributed by atoms with Gasteiger partial charge in [-0.15, -0.1) is 0 Å². The summed E-state index contributed by atoms with van der Waals surface area (Å²) in [5.41, 5.74) is 4.21. The second-order valence-corrected chi connectivity index (χ2v) is 37.4. The maximum Gasteiger partial charge on any atom is 0.335 e. The van der Waals surface area contributed by atoms with Crippen molar-refractivity contribution in [2.75, 3.05) is 113 Å². The number of benzene rings is 4. The van der Waals surface area contributed by atoms with E-state index in [4.69, 9.17) is 28.4 Å². The molecule has 26 rings (SSSR count). The number of phenols is 2. The van der Waals surface area contributed by atoms with Crippen LogP contribution in [-0.4, -0.2) is 211 Å². The van der Waals surface area contributed by atoms with Crippen molar-refractivity contribution in [1.82, 2.24) is 14.7 Å². The number of nitrogens with zero attached hydrogens (tertiary/aromatic N) is 6. The number of carbonyl (C=O) groups is 2. The number of methoxy groups -OCH3 is 2. The van der Waals surface area contributed by atoms with Gasteiger partial charge in [0, 0.05) is 140 Å². The van der Waals surface area contributed by atoms with E-state index in [-0.39, 0.29) is 88.6 Å². The Morgan fingerprint density at radius 3 is 1.69 bits per heavy atom. The number of para-hydroxylation sites is 4. The smallest absolute Gasteiger partial charge is 0.335 e. The zero-order valence-electron chi connectivity index (χ0n) is 59.3. The summed E-state index contributed by atoms with van der Waals surface area (Å²) in [5, 5.41) is 63.5. The number of rotatable bonds is 2. The van der Waals surface area contributed by atoms with Crippen LogP contribution in [0.3, 0.4) is 0 Å². The second-order valence-electron chi connectivity index (χ2n) is 37.4. The Balaban J connectivity index is 0.734. The van der Waals surface area contributed by atoms with Crippen LogP contribution in [0.5, 0.6) is 11.5 Å². The van der Waals surface area contributed by atoms with E-state index in [1.165, 1.54) is 19.9 Å². The summed E-state index contributed by atoms with van der Waals surface area (Å²) in [6.07, 6.45) is 12.9. The number of fused-ring (bicyclic) bond motifs is 8. The number of phenolic OH excluding ortho intramolecular Hbond substituents is 2. The molecule has 0 amide bonds. The normalized spacial score (nSPS) is 48.8. The minimum Gasteiger partial charge on any atom is -0.506 e. The highest BCUT2D eigenvalue weighted by atomic mass is 16.5. The highest BCUT2D eigenvalue weighted by molar-refractivity contribution is 5.99. The van der Waals surface area contributed by atoms with Gasteiger partial charge in [-0.1, -0.05) is 60.7 Å². The largest absolute Gasteiger partial charge is 0.506 e. The second kappa shape index (κ2) is 18.4. The summed E-state index contributed by atoms with van der Waals surface area (Å²) in [4.78, 5) is 44.3. The summed E-state index contributed by atoms with van der Waals surface area (Å²) >= 11 is 0. The number of hydrogen-bond donors (Lipinski definition) is 6. The first-order chi connectivity index (χ1) is 50.6. The number of allylic oxidation sites excluding steroid dienone is 1. The lowest BCUT2D eigenvalue weighted by Gasteiger charge is -2.70. The van der Waals surface area contributed by atoms with Crippen molar-refractivity contribution in [1.29, 1.82) is 0 Å². The summed E-state index contributed by atoms with van der Waals surface area (Å²) in [6.45, 7) is 8.00. The third-order valence-corrected chi connectivity index (χ3v) is 34.9. The van der Waals surface area contributed by atoms with E-state index in [1.807, 2.05) is 24.3 Å². The number of piperidine rings is 6. The molecule has 20 heteroatoms. The molecule has 0 bridgehead atoms. The fraction of sp³-hybridized carbons (Fsp3) is 0.607. The predicted molar refractivity (Wildman–Crippen MR) is 379 cm³/mol.